The summed E-state index contributed by atoms with van der Waals surface area (Å²) in [6, 6.07) is 8.22. The molecule has 2 N–H and O–H groups in total. The predicted molar refractivity (Wildman–Crippen MR) is 99.9 cm³/mol. The summed E-state index contributed by atoms with van der Waals surface area (Å²) in [6.07, 6.45) is 2.70. The molecule has 24 heavy (non-hydrogen) atoms. The molecule has 6 heteroatoms. The normalized spacial score (nSPS) is 11.6. The summed E-state index contributed by atoms with van der Waals surface area (Å²) in [6.45, 7) is 8.46. The number of para-hydroxylation sites is 1. The first-order valence-corrected chi connectivity index (χ1v) is 8.31. The summed E-state index contributed by atoms with van der Waals surface area (Å²) in [7, 11) is 4.14. The van der Waals surface area contributed by atoms with Crippen molar-refractivity contribution in [3.63, 3.8) is 0 Å². The van der Waals surface area contributed by atoms with Crippen molar-refractivity contribution in [3.05, 3.63) is 36.0 Å². The fourth-order valence-corrected chi connectivity index (χ4v) is 2.42. The molecule has 0 radical (unpaired) electrons. The fourth-order valence-electron chi connectivity index (χ4n) is 2.42. The third kappa shape index (κ3) is 5.45. The number of anilines is 3. The first-order chi connectivity index (χ1) is 11.4. The molecule has 0 aliphatic heterocycles. The van der Waals surface area contributed by atoms with Gasteiger partial charge in [0, 0.05) is 12.2 Å². The molecule has 1 heterocycles. The molecule has 1 aromatic carbocycles. The number of aromatic nitrogens is 3. The highest BCUT2D eigenvalue weighted by Gasteiger charge is 2.18. The lowest BCUT2D eigenvalue weighted by atomic mass is 9.86. The van der Waals surface area contributed by atoms with Gasteiger partial charge < -0.3 is 15.5 Å². The number of nitrogens with zero attached hydrogens (tertiary/aromatic N) is 4. The molecule has 0 atom stereocenters. The third-order valence-electron chi connectivity index (χ3n) is 3.63. The highest BCUT2D eigenvalue weighted by molar-refractivity contribution is 5.60. The Morgan fingerprint density at radius 2 is 1.88 bits per heavy atom. The second-order valence-electron chi connectivity index (χ2n) is 7.17. The lowest BCUT2D eigenvalue weighted by molar-refractivity contribution is 0.405. The molecule has 0 fully saturated rings. The Hall–Kier alpha value is -2.21. The molecule has 0 unspecified atom stereocenters. The van der Waals surface area contributed by atoms with Crippen LogP contribution in [0.5, 0.6) is 0 Å². The first-order valence-electron chi connectivity index (χ1n) is 8.31. The molecule has 1 aromatic heterocycles. The Morgan fingerprint density at radius 1 is 1.12 bits per heavy atom. The average Bonchev–Trinajstić information content (AvgIpc) is 2.51. The van der Waals surface area contributed by atoms with E-state index in [0.29, 0.717) is 5.95 Å². The summed E-state index contributed by atoms with van der Waals surface area (Å²) < 4.78 is 0. The molecule has 0 saturated heterocycles. The summed E-state index contributed by atoms with van der Waals surface area (Å²) in [5, 5.41) is 14.7. The van der Waals surface area contributed by atoms with Crippen molar-refractivity contribution in [1.82, 2.24) is 20.1 Å². The van der Waals surface area contributed by atoms with E-state index in [1.54, 1.807) is 6.20 Å². The zero-order valence-corrected chi connectivity index (χ0v) is 15.3. The van der Waals surface area contributed by atoms with Crippen LogP contribution in [-0.4, -0.2) is 47.3 Å². The van der Waals surface area contributed by atoms with Crippen molar-refractivity contribution >= 4 is 17.5 Å². The molecule has 2 rings (SSSR count). The van der Waals surface area contributed by atoms with Crippen LogP contribution in [0, 0.1) is 0 Å². The number of nitrogens with one attached hydrogen (secondary N) is 2. The lowest BCUT2D eigenvalue weighted by Crippen LogP contribution is -2.17. The van der Waals surface area contributed by atoms with Gasteiger partial charge in [-0.1, -0.05) is 39.0 Å². The van der Waals surface area contributed by atoms with Crippen LogP contribution in [0.2, 0.25) is 0 Å². The second kappa shape index (κ2) is 8.06. The summed E-state index contributed by atoms with van der Waals surface area (Å²) in [4.78, 5) is 6.66. The standard InChI is InChI=1S/C18H28N6/c1-18(2,3)14-9-6-7-10-15(14)21-17-22-16(13-20-23-17)19-11-8-12-24(4)5/h6-7,9-10,13H,8,11-12H2,1-5H3,(H2,19,21,22,23). The Labute approximate surface area is 144 Å². The van der Waals surface area contributed by atoms with Crippen molar-refractivity contribution in [2.75, 3.05) is 37.8 Å². The van der Waals surface area contributed by atoms with E-state index in [2.05, 4.69) is 71.6 Å². The van der Waals surface area contributed by atoms with E-state index in [4.69, 9.17) is 0 Å². The zero-order chi connectivity index (χ0) is 17.6. The number of hydrogen-bond donors (Lipinski definition) is 2. The molecule has 6 nitrogen and oxygen atoms in total. The molecule has 0 aliphatic carbocycles. The van der Waals surface area contributed by atoms with Crippen molar-refractivity contribution in [3.8, 4) is 0 Å². The van der Waals surface area contributed by atoms with Gasteiger partial charge >= 0.3 is 0 Å². The predicted octanol–water partition coefficient (Wildman–Crippen LogP) is 3.28. The van der Waals surface area contributed by atoms with E-state index in [9.17, 15) is 0 Å². The third-order valence-corrected chi connectivity index (χ3v) is 3.63. The van der Waals surface area contributed by atoms with Crippen LogP contribution in [0.15, 0.2) is 30.5 Å². The number of hydrogen-bond acceptors (Lipinski definition) is 6. The molecule has 0 bridgehead atoms. The summed E-state index contributed by atoms with van der Waals surface area (Å²) >= 11 is 0. The first kappa shape index (κ1) is 18.1. The van der Waals surface area contributed by atoms with Gasteiger partial charge in [-0.3, -0.25) is 0 Å². The number of rotatable bonds is 7. The van der Waals surface area contributed by atoms with E-state index in [1.165, 1.54) is 5.56 Å². The molecule has 0 aliphatic rings. The van der Waals surface area contributed by atoms with Crippen LogP contribution < -0.4 is 10.6 Å². The molecule has 0 amide bonds. The molecule has 2 aromatic rings. The van der Waals surface area contributed by atoms with Gasteiger partial charge in [0.2, 0.25) is 5.95 Å². The summed E-state index contributed by atoms with van der Waals surface area (Å²) in [5.74, 6) is 1.24. The van der Waals surface area contributed by atoms with Crippen LogP contribution in [0.3, 0.4) is 0 Å². The maximum atomic E-state index is 4.50. The van der Waals surface area contributed by atoms with E-state index >= 15 is 0 Å². The maximum absolute atomic E-state index is 4.50. The molecular formula is C18H28N6. The van der Waals surface area contributed by atoms with Crippen molar-refractivity contribution in [2.45, 2.75) is 32.6 Å². The van der Waals surface area contributed by atoms with Gasteiger partial charge in [-0.2, -0.15) is 10.1 Å². The van der Waals surface area contributed by atoms with Gasteiger partial charge in [0.25, 0.3) is 0 Å². The molecule has 130 valence electrons. The lowest BCUT2D eigenvalue weighted by Gasteiger charge is -2.22. The van der Waals surface area contributed by atoms with Crippen molar-refractivity contribution in [1.29, 1.82) is 0 Å². The smallest absolute Gasteiger partial charge is 0.249 e. The number of benzene rings is 1. The van der Waals surface area contributed by atoms with Crippen LogP contribution in [0.25, 0.3) is 0 Å². The van der Waals surface area contributed by atoms with Crippen LogP contribution in [-0.2, 0) is 5.41 Å². The topological polar surface area (TPSA) is 66.0 Å². The van der Waals surface area contributed by atoms with E-state index in [1.807, 2.05) is 18.2 Å². The van der Waals surface area contributed by atoms with Gasteiger partial charge in [0.05, 0.1) is 6.20 Å². The van der Waals surface area contributed by atoms with Gasteiger partial charge in [-0.05, 0) is 44.1 Å². The van der Waals surface area contributed by atoms with Crippen LogP contribution in [0.4, 0.5) is 17.5 Å². The minimum atomic E-state index is 0.0407. The van der Waals surface area contributed by atoms with E-state index in [-0.39, 0.29) is 5.41 Å². The average molecular weight is 328 g/mol. The second-order valence-corrected chi connectivity index (χ2v) is 7.17. The Kier molecular flexibility index (Phi) is 6.09. The quantitative estimate of drug-likeness (QED) is 0.761. The maximum Gasteiger partial charge on any atom is 0.249 e. The fraction of sp³-hybridized carbons (Fsp3) is 0.500. The van der Waals surface area contributed by atoms with Crippen LogP contribution in [0.1, 0.15) is 32.8 Å². The molecule has 0 spiro atoms. The zero-order valence-electron chi connectivity index (χ0n) is 15.3. The highest BCUT2D eigenvalue weighted by atomic mass is 15.3. The Morgan fingerprint density at radius 3 is 2.58 bits per heavy atom. The van der Waals surface area contributed by atoms with Gasteiger partial charge in [-0.15, -0.1) is 5.10 Å². The van der Waals surface area contributed by atoms with E-state index in [0.717, 1.165) is 31.0 Å². The minimum Gasteiger partial charge on any atom is -0.369 e. The highest BCUT2D eigenvalue weighted by Crippen LogP contribution is 2.30. The van der Waals surface area contributed by atoms with Gasteiger partial charge in [0.15, 0.2) is 5.82 Å². The van der Waals surface area contributed by atoms with Gasteiger partial charge in [-0.25, -0.2) is 0 Å². The SMILES string of the molecule is CN(C)CCCNc1cnnc(Nc2ccccc2C(C)(C)C)n1. The van der Waals surface area contributed by atoms with Crippen molar-refractivity contribution in [2.24, 2.45) is 0 Å². The van der Waals surface area contributed by atoms with Crippen LogP contribution >= 0.6 is 0 Å². The Balaban J connectivity index is 2.05. The Bertz CT molecular complexity index is 648. The van der Waals surface area contributed by atoms with Gasteiger partial charge in [0.1, 0.15) is 0 Å². The van der Waals surface area contributed by atoms with Crippen molar-refractivity contribution < 1.29 is 0 Å². The minimum absolute atomic E-state index is 0.0407. The largest absolute Gasteiger partial charge is 0.369 e. The van der Waals surface area contributed by atoms with E-state index < -0.39 is 0 Å². The monoisotopic (exact) mass is 328 g/mol. The molecule has 0 saturated carbocycles. The molecular weight excluding hydrogens is 300 g/mol. The summed E-state index contributed by atoms with van der Waals surface area (Å²) in [5.41, 5.74) is 2.27.